The van der Waals surface area contributed by atoms with E-state index in [2.05, 4.69) is 6.58 Å². The molecular weight excluding hydrogens is 336 g/mol. The van der Waals surface area contributed by atoms with Crippen LogP contribution in [0.1, 0.15) is 65.2 Å². The van der Waals surface area contributed by atoms with Crippen molar-refractivity contribution in [2.24, 2.45) is 0 Å². The quantitative estimate of drug-likeness (QED) is 0.280. The lowest BCUT2D eigenvalue weighted by Crippen LogP contribution is -2.27. The van der Waals surface area contributed by atoms with Crippen molar-refractivity contribution in [3.63, 3.8) is 0 Å². The van der Waals surface area contributed by atoms with Gasteiger partial charge < -0.3 is 18.9 Å². The summed E-state index contributed by atoms with van der Waals surface area (Å²) in [5.74, 6) is -0.548. The number of hydrogen-bond donors (Lipinski definition) is 0. The molecule has 0 aliphatic heterocycles. The molecule has 0 saturated heterocycles. The minimum Gasteiger partial charge on any atom is -0.466 e. The highest BCUT2D eigenvalue weighted by Gasteiger charge is 2.21. The Hall–Kier alpha value is -1.40. The van der Waals surface area contributed by atoms with Crippen molar-refractivity contribution in [2.75, 3.05) is 26.4 Å². The molecule has 0 atom stereocenters. The van der Waals surface area contributed by atoms with E-state index in [9.17, 15) is 9.59 Å². The zero-order valence-electron chi connectivity index (χ0n) is 16.3. The maximum Gasteiger partial charge on any atom is 0.333 e. The van der Waals surface area contributed by atoms with Gasteiger partial charge in [0.05, 0.1) is 25.4 Å². The Morgan fingerprint density at radius 1 is 0.769 bits per heavy atom. The minimum atomic E-state index is -0.324. The van der Waals surface area contributed by atoms with Crippen LogP contribution in [0.25, 0.3) is 0 Å². The summed E-state index contributed by atoms with van der Waals surface area (Å²) in [6, 6.07) is 0. The number of rotatable bonds is 13. The molecule has 6 heteroatoms. The summed E-state index contributed by atoms with van der Waals surface area (Å²) < 4.78 is 21.7. The van der Waals surface area contributed by atoms with E-state index in [0.29, 0.717) is 37.6 Å². The number of unbranched alkanes of at least 4 members (excludes halogenated alkanes) is 2. The molecule has 26 heavy (non-hydrogen) atoms. The molecule has 0 aromatic heterocycles. The Morgan fingerprint density at radius 2 is 1.19 bits per heavy atom. The molecule has 1 aliphatic rings. The van der Waals surface area contributed by atoms with Crippen molar-refractivity contribution in [1.29, 1.82) is 0 Å². The van der Waals surface area contributed by atoms with E-state index in [-0.39, 0.29) is 11.9 Å². The Morgan fingerprint density at radius 3 is 1.62 bits per heavy atom. The largest absolute Gasteiger partial charge is 0.466 e. The van der Waals surface area contributed by atoms with E-state index in [4.69, 9.17) is 18.9 Å². The van der Waals surface area contributed by atoms with Crippen LogP contribution in [0.2, 0.25) is 0 Å². The van der Waals surface area contributed by atoms with E-state index in [0.717, 1.165) is 58.0 Å². The molecule has 0 radical (unpaired) electrons. The number of carbonyl (C=O) groups is 2. The van der Waals surface area contributed by atoms with Crippen LogP contribution < -0.4 is 0 Å². The Labute approximate surface area is 157 Å². The van der Waals surface area contributed by atoms with Crippen LogP contribution >= 0.6 is 0 Å². The second-order valence-corrected chi connectivity index (χ2v) is 6.81. The number of esters is 2. The predicted octanol–water partition coefficient (Wildman–Crippen LogP) is 3.57. The standard InChI is InChI=1S/C20H34O6/c1-16(2)20(22)26-15-7-6-14-25-19-10-8-18(9-11-19)24-13-5-4-12-23-17(3)21/h18-19H,1,4-15H2,2-3H3. The van der Waals surface area contributed by atoms with Gasteiger partial charge in [-0.25, -0.2) is 4.79 Å². The van der Waals surface area contributed by atoms with Gasteiger partial charge in [-0.05, 0) is 58.3 Å². The Kier molecular flexibility index (Phi) is 12.0. The van der Waals surface area contributed by atoms with Crippen LogP contribution in [0, 0.1) is 0 Å². The lowest BCUT2D eigenvalue weighted by molar-refractivity contribution is -0.141. The third kappa shape index (κ3) is 11.3. The van der Waals surface area contributed by atoms with Gasteiger partial charge in [0.2, 0.25) is 0 Å². The smallest absolute Gasteiger partial charge is 0.333 e. The first-order valence-corrected chi connectivity index (χ1v) is 9.68. The van der Waals surface area contributed by atoms with Crippen molar-refractivity contribution in [3.05, 3.63) is 12.2 Å². The highest BCUT2D eigenvalue weighted by atomic mass is 16.5. The van der Waals surface area contributed by atoms with Gasteiger partial charge in [-0.2, -0.15) is 0 Å². The molecule has 0 bridgehead atoms. The van der Waals surface area contributed by atoms with Gasteiger partial charge in [0, 0.05) is 25.7 Å². The SMILES string of the molecule is C=C(C)C(=O)OCCCCOC1CCC(OCCCCOC(C)=O)CC1. The molecule has 0 aromatic rings. The number of ether oxygens (including phenoxy) is 4. The topological polar surface area (TPSA) is 71.1 Å². The summed E-state index contributed by atoms with van der Waals surface area (Å²) in [6.07, 6.45) is 8.23. The lowest BCUT2D eigenvalue weighted by Gasteiger charge is -2.28. The molecule has 0 unspecified atom stereocenters. The van der Waals surface area contributed by atoms with Crippen molar-refractivity contribution >= 4 is 11.9 Å². The molecule has 6 nitrogen and oxygen atoms in total. The average Bonchev–Trinajstić information content (AvgIpc) is 2.61. The molecule has 0 aromatic carbocycles. The van der Waals surface area contributed by atoms with Gasteiger partial charge in [-0.15, -0.1) is 0 Å². The first-order chi connectivity index (χ1) is 12.5. The molecular formula is C20H34O6. The molecule has 1 saturated carbocycles. The molecule has 150 valence electrons. The van der Waals surface area contributed by atoms with E-state index < -0.39 is 0 Å². The van der Waals surface area contributed by atoms with Crippen LogP contribution in [-0.2, 0) is 28.5 Å². The fraction of sp³-hybridized carbons (Fsp3) is 0.800. The molecule has 0 spiro atoms. The van der Waals surface area contributed by atoms with Gasteiger partial charge in [-0.3, -0.25) is 4.79 Å². The predicted molar refractivity (Wildman–Crippen MR) is 98.8 cm³/mol. The van der Waals surface area contributed by atoms with Crippen LogP contribution in [-0.4, -0.2) is 50.6 Å². The van der Waals surface area contributed by atoms with Crippen molar-refractivity contribution in [2.45, 2.75) is 77.4 Å². The van der Waals surface area contributed by atoms with Gasteiger partial charge in [0.1, 0.15) is 0 Å². The van der Waals surface area contributed by atoms with Gasteiger partial charge in [0.25, 0.3) is 0 Å². The zero-order valence-corrected chi connectivity index (χ0v) is 16.3. The monoisotopic (exact) mass is 370 g/mol. The fourth-order valence-corrected chi connectivity index (χ4v) is 2.78. The Balaban J connectivity index is 1.92. The molecule has 1 rings (SSSR count). The first-order valence-electron chi connectivity index (χ1n) is 9.68. The molecule has 1 fully saturated rings. The van der Waals surface area contributed by atoms with Crippen LogP contribution in [0.3, 0.4) is 0 Å². The zero-order chi connectivity index (χ0) is 19.2. The molecule has 1 aliphatic carbocycles. The third-order valence-electron chi connectivity index (χ3n) is 4.29. The number of hydrogen-bond acceptors (Lipinski definition) is 6. The van der Waals surface area contributed by atoms with Crippen LogP contribution in [0.15, 0.2) is 12.2 Å². The highest BCUT2D eigenvalue weighted by Crippen LogP contribution is 2.23. The second kappa shape index (κ2) is 13.8. The van der Waals surface area contributed by atoms with Crippen LogP contribution in [0.5, 0.6) is 0 Å². The highest BCUT2D eigenvalue weighted by molar-refractivity contribution is 5.86. The van der Waals surface area contributed by atoms with Gasteiger partial charge >= 0.3 is 11.9 Å². The fourth-order valence-electron chi connectivity index (χ4n) is 2.78. The average molecular weight is 370 g/mol. The van der Waals surface area contributed by atoms with E-state index in [1.165, 1.54) is 6.92 Å². The van der Waals surface area contributed by atoms with Crippen LogP contribution in [0.4, 0.5) is 0 Å². The van der Waals surface area contributed by atoms with E-state index >= 15 is 0 Å². The van der Waals surface area contributed by atoms with Crippen molar-refractivity contribution in [3.8, 4) is 0 Å². The third-order valence-corrected chi connectivity index (χ3v) is 4.29. The minimum absolute atomic E-state index is 0.225. The van der Waals surface area contributed by atoms with Crippen molar-refractivity contribution < 1.29 is 28.5 Å². The molecule has 0 heterocycles. The summed E-state index contributed by atoms with van der Waals surface area (Å²) in [4.78, 5) is 21.9. The van der Waals surface area contributed by atoms with Crippen molar-refractivity contribution in [1.82, 2.24) is 0 Å². The first kappa shape index (κ1) is 22.6. The molecule has 0 amide bonds. The van der Waals surface area contributed by atoms with E-state index in [1.54, 1.807) is 6.92 Å². The summed E-state index contributed by atoms with van der Waals surface area (Å²) in [7, 11) is 0. The Bertz CT molecular complexity index is 426. The summed E-state index contributed by atoms with van der Waals surface area (Å²) >= 11 is 0. The second-order valence-electron chi connectivity index (χ2n) is 6.81. The lowest BCUT2D eigenvalue weighted by atomic mass is 9.95. The maximum absolute atomic E-state index is 11.2. The maximum atomic E-state index is 11.2. The summed E-state index contributed by atoms with van der Waals surface area (Å²) in [5.41, 5.74) is 0.435. The number of carbonyl (C=O) groups excluding carboxylic acids is 2. The summed E-state index contributed by atoms with van der Waals surface area (Å²) in [6.45, 7) is 8.95. The normalized spacial score (nSPS) is 19.8. The van der Waals surface area contributed by atoms with Gasteiger partial charge in [0.15, 0.2) is 0 Å². The summed E-state index contributed by atoms with van der Waals surface area (Å²) in [5, 5.41) is 0. The van der Waals surface area contributed by atoms with E-state index in [1.807, 2.05) is 0 Å². The molecule has 0 N–H and O–H groups in total. The van der Waals surface area contributed by atoms with Gasteiger partial charge in [-0.1, -0.05) is 6.58 Å².